The Morgan fingerprint density at radius 3 is 2.33 bits per heavy atom. The fraction of sp³-hybridized carbons (Fsp3) is 1.00. The van der Waals surface area contributed by atoms with Gasteiger partial charge in [-0.1, -0.05) is 13.3 Å². The number of rotatable bonds is 3. The van der Waals surface area contributed by atoms with Crippen molar-refractivity contribution in [2.75, 3.05) is 0 Å². The van der Waals surface area contributed by atoms with Gasteiger partial charge in [0.15, 0.2) is 0 Å². The van der Waals surface area contributed by atoms with Gasteiger partial charge >= 0.3 is 0 Å². The molecular weight excluding hydrogens is 134 g/mol. The van der Waals surface area contributed by atoms with E-state index in [2.05, 4.69) is 6.92 Å². The second-order valence-corrected chi connectivity index (χ2v) is 4.19. The van der Waals surface area contributed by atoms with Crippen molar-refractivity contribution >= 4 is 11.4 Å². The van der Waals surface area contributed by atoms with Crippen molar-refractivity contribution in [3.05, 3.63) is 0 Å². The van der Waals surface area contributed by atoms with Gasteiger partial charge in [0.05, 0.1) is 0 Å². The third kappa shape index (κ3) is 1.39. The summed E-state index contributed by atoms with van der Waals surface area (Å²) >= 11 is -1.06. The summed E-state index contributed by atoms with van der Waals surface area (Å²) in [6.07, 6.45) is 4.28. The molecule has 1 aliphatic carbocycles. The van der Waals surface area contributed by atoms with E-state index in [9.17, 15) is 4.55 Å². The van der Waals surface area contributed by atoms with Gasteiger partial charge in [0.1, 0.15) is 4.75 Å². The molecule has 0 bridgehead atoms. The molecule has 0 aromatic heterocycles. The van der Waals surface area contributed by atoms with Gasteiger partial charge in [-0.25, -0.2) is 0 Å². The number of nitrogens with two attached hydrogens (primary N) is 1. The lowest BCUT2D eigenvalue weighted by molar-refractivity contribution is 0.566. The van der Waals surface area contributed by atoms with E-state index in [1.807, 2.05) is 0 Å². The van der Waals surface area contributed by atoms with E-state index >= 15 is 0 Å². The molecule has 54 valence electrons. The Balaban J connectivity index is 2.33. The number of hydrogen-bond donors (Lipinski definition) is 1. The summed E-state index contributed by atoms with van der Waals surface area (Å²) in [5, 5.41) is 5.29. The van der Waals surface area contributed by atoms with E-state index in [1.165, 1.54) is 0 Å². The molecule has 0 aliphatic heterocycles. The highest BCUT2D eigenvalue weighted by Gasteiger charge is 2.52. The largest absolute Gasteiger partial charge is 0.598 e. The molecule has 1 aliphatic rings. The van der Waals surface area contributed by atoms with Crippen LogP contribution in [0.5, 0.6) is 0 Å². The minimum absolute atomic E-state index is 0.0503. The first-order valence-corrected chi connectivity index (χ1v) is 4.59. The van der Waals surface area contributed by atoms with Gasteiger partial charge in [0.25, 0.3) is 0 Å². The molecule has 1 saturated carbocycles. The van der Waals surface area contributed by atoms with Crippen LogP contribution in [0.4, 0.5) is 0 Å². The Hall–Kier alpha value is 0.270. The van der Waals surface area contributed by atoms with E-state index in [1.54, 1.807) is 0 Å². The molecule has 0 aromatic carbocycles. The highest BCUT2D eigenvalue weighted by Crippen LogP contribution is 2.45. The Kier molecular flexibility index (Phi) is 2.03. The maximum atomic E-state index is 10.8. The monoisotopic (exact) mass is 147 g/mol. The molecule has 1 fully saturated rings. The lowest BCUT2D eigenvalue weighted by Gasteiger charge is -2.13. The third-order valence-corrected chi connectivity index (χ3v) is 3.41. The first-order valence-electron chi connectivity index (χ1n) is 3.37. The molecule has 2 N–H and O–H groups in total. The van der Waals surface area contributed by atoms with Gasteiger partial charge in [0, 0.05) is 24.2 Å². The van der Waals surface area contributed by atoms with Crippen molar-refractivity contribution < 1.29 is 4.55 Å². The van der Waals surface area contributed by atoms with Crippen molar-refractivity contribution in [2.45, 2.75) is 37.4 Å². The lowest BCUT2D eigenvalue weighted by Crippen LogP contribution is -2.30. The molecule has 0 aromatic rings. The Bertz CT molecular complexity index is 101. The van der Waals surface area contributed by atoms with Crippen LogP contribution < -0.4 is 5.14 Å². The summed E-state index contributed by atoms with van der Waals surface area (Å²) in [6.45, 7) is 2.10. The summed E-state index contributed by atoms with van der Waals surface area (Å²) in [5.41, 5.74) is 0. The predicted octanol–water partition coefficient (Wildman–Crippen LogP) is 0.942. The van der Waals surface area contributed by atoms with E-state index in [-0.39, 0.29) is 4.75 Å². The minimum Gasteiger partial charge on any atom is -0.598 e. The second kappa shape index (κ2) is 2.48. The average molecular weight is 147 g/mol. The molecule has 0 radical (unpaired) electrons. The molecule has 1 atom stereocenters. The summed E-state index contributed by atoms with van der Waals surface area (Å²) in [4.78, 5) is 0. The third-order valence-electron chi connectivity index (χ3n) is 1.94. The van der Waals surface area contributed by atoms with Gasteiger partial charge < -0.3 is 4.55 Å². The summed E-state index contributed by atoms with van der Waals surface area (Å²) in [5.74, 6) is 0. The molecule has 1 unspecified atom stereocenters. The summed E-state index contributed by atoms with van der Waals surface area (Å²) in [7, 11) is 0. The molecule has 0 amide bonds. The normalized spacial score (nSPS) is 25.7. The summed E-state index contributed by atoms with van der Waals surface area (Å²) < 4.78 is 10.9. The van der Waals surface area contributed by atoms with Gasteiger partial charge in [-0.3, -0.25) is 0 Å². The van der Waals surface area contributed by atoms with Crippen LogP contribution in [0.25, 0.3) is 0 Å². The number of hydrogen-bond acceptors (Lipinski definition) is 2. The van der Waals surface area contributed by atoms with Gasteiger partial charge in [-0.15, -0.1) is 0 Å². The molecule has 0 saturated heterocycles. The van der Waals surface area contributed by atoms with Crippen LogP contribution in [0.1, 0.15) is 32.6 Å². The smallest absolute Gasteiger partial charge is 0.145 e. The highest BCUT2D eigenvalue weighted by atomic mass is 32.2. The maximum absolute atomic E-state index is 10.8. The molecule has 1 rings (SSSR count). The van der Waals surface area contributed by atoms with Gasteiger partial charge in [-0.2, -0.15) is 5.14 Å². The predicted molar refractivity (Wildman–Crippen MR) is 39.2 cm³/mol. The summed E-state index contributed by atoms with van der Waals surface area (Å²) in [6, 6.07) is 0. The minimum atomic E-state index is -1.06. The zero-order chi connectivity index (χ0) is 6.91. The van der Waals surface area contributed by atoms with E-state index in [0.29, 0.717) is 0 Å². The van der Waals surface area contributed by atoms with Crippen LogP contribution >= 0.6 is 0 Å². The molecule has 0 spiro atoms. The highest BCUT2D eigenvalue weighted by molar-refractivity contribution is 7.90. The van der Waals surface area contributed by atoms with Crippen LogP contribution in [-0.4, -0.2) is 9.30 Å². The topological polar surface area (TPSA) is 49.1 Å². The zero-order valence-corrected chi connectivity index (χ0v) is 6.54. The molecular formula is C6H13NOS. The SMILES string of the molecule is CCCC1([S+](N)[O-])CC1. The van der Waals surface area contributed by atoms with Crippen LogP contribution in [0, 0.1) is 0 Å². The Morgan fingerprint density at radius 1 is 1.67 bits per heavy atom. The first-order chi connectivity index (χ1) is 4.21. The molecule has 0 heterocycles. The van der Waals surface area contributed by atoms with Crippen LogP contribution in [0.2, 0.25) is 0 Å². The fourth-order valence-electron chi connectivity index (χ4n) is 1.15. The molecule has 9 heavy (non-hydrogen) atoms. The Morgan fingerprint density at radius 2 is 2.22 bits per heavy atom. The van der Waals surface area contributed by atoms with Crippen molar-refractivity contribution in [3.8, 4) is 0 Å². The van der Waals surface area contributed by atoms with E-state index in [0.717, 1.165) is 25.7 Å². The van der Waals surface area contributed by atoms with E-state index in [4.69, 9.17) is 5.14 Å². The van der Waals surface area contributed by atoms with Crippen molar-refractivity contribution in [1.82, 2.24) is 0 Å². The molecule has 2 nitrogen and oxygen atoms in total. The standard InChI is InChI=1S/C6H13NOS/c1-2-3-6(4-5-6)9(7)8/h2-5,7H2,1H3. The fourth-order valence-corrected chi connectivity index (χ4v) is 2.06. The van der Waals surface area contributed by atoms with Crippen molar-refractivity contribution in [3.63, 3.8) is 0 Å². The van der Waals surface area contributed by atoms with Gasteiger partial charge in [-0.05, 0) is 6.42 Å². The van der Waals surface area contributed by atoms with Crippen LogP contribution in [0.15, 0.2) is 0 Å². The lowest BCUT2D eigenvalue weighted by atomic mass is 10.2. The first kappa shape index (κ1) is 7.38. The maximum Gasteiger partial charge on any atom is 0.145 e. The van der Waals surface area contributed by atoms with Crippen LogP contribution in [0.3, 0.4) is 0 Å². The second-order valence-electron chi connectivity index (χ2n) is 2.73. The average Bonchev–Trinajstić information content (AvgIpc) is 2.49. The quantitative estimate of drug-likeness (QED) is 0.604. The Labute approximate surface area is 59.1 Å². The van der Waals surface area contributed by atoms with Gasteiger partial charge in [0.2, 0.25) is 0 Å². The van der Waals surface area contributed by atoms with E-state index < -0.39 is 11.4 Å². The van der Waals surface area contributed by atoms with Crippen molar-refractivity contribution in [1.29, 1.82) is 0 Å². The zero-order valence-electron chi connectivity index (χ0n) is 5.72. The van der Waals surface area contributed by atoms with Crippen LogP contribution in [-0.2, 0) is 11.4 Å². The van der Waals surface area contributed by atoms with Crippen molar-refractivity contribution in [2.24, 2.45) is 5.14 Å². The molecule has 3 heteroatoms.